The van der Waals surface area contributed by atoms with Gasteiger partial charge in [0.2, 0.25) is 5.91 Å². The van der Waals surface area contributed by atoms with E-state index in [-0.39, 0.29) is 30.1 Å². The number of fused-ring (bicyclic) bond motifs is 2. The summed E-state index contributed by atoms with van der Waals surface area (Å²) in [5, 5.41) is 7.09. The lowest BCUT2D eigenvalue weighted by Crippen LogP contribution is -2.44. The van der Waals surface area contributed by atoms with Crippen molar-refractivity contribution in [2.45, 2.75) is 38.5 Å². The number of nitrogens with zero attached hydrogens (tertiary/aromatic N) is 1. The van der Waals surface area contributed by atoms with Gasteiger partial charge < -0.3 is 20.7 Å². The molecule has 0 aromatic carbocycles. The SMILES string of the molecule is C=C1NC(=O)c2cc(F)cc(n2)CNC(=O)C[C@@H](/C=C/CCS)OC(=O)[C@H](C)NC1=O. The summed E-state index contributed by atoms with van der Waals surface area (Å²) in [6.07, 6.45) is 2.78. The zero-order chi connectivity index (χ0) is 23.0. The first-order valence-corrected chi connectivity index (χ1v) is 10.0. The first kappa shape index (κ1) is 24.1. The van der Waals surface area contributed by atoms with Gasteiger partial charge in [-0.3, -0.25) is 14.4 Å². The monoisotopic (exact) mass is 450 g/mol. The lowest BCUT2D eigenvalue weighted by atomic mass is 10.2. The smallest absolute Gasteiger partial charge is 0.328 e. The van der Waals surface area contributed by atoms with E-state index in [4.69, 9.17) is 4.74 Å². The van der Waals surface area contributed by atoms with Gasteiger partial charge in [0.15, 0.2) is 0 Å². The number of nitrogens with one attached hydrogen (secondary N) is 3. The number of thiol groups is 1. The predicted octanol–water partition coefficient (Wildman–Crippen LogP) is 0.777. The quantitative estimate of drug-likeness (QED) is 0.233. The average molecular weight is 450 g/mol. The molecule has 11 heteroatoms. The summed E-state index contributed by atoms with van der Waals surface area (Å²) in [6, 6.07) is 0.863. The van der Waals surface area contributed by atoms with Gasteiger partial charge in [-0.25, -0.2) is 14.2 Å². The number of hydrogen-bond donors (Lipinski definition) is 4. The van der Waals surface area contributed by atoms with Gasteiger partial charge in [-0.1, -0.05) is 12.7 Å². The molecule has 2 rings (SSSR count). The highest BCUT2D eigenvalue weighted by Crippen LogP contribution is 2.09. The minimum absolute atomic E-state index is 0.0911. The molecule has 0 unspecified atom stereocenters. The molecule has 31 heavy (non-hydrogen) atoms. The molecule has 3 amide bonds. The van der Waals surface area contributed by atoms with Crippen LogP contribution in [-0.4, -0.2) is 46.6 Å². The van der Waals surface area contributed by atoms with Crippen LogP contribution in [0, 0.1) is 5.82 Å². The first-order chi connectivity index (χ1) is 14.7. The lowest BCUT2D eigenvalue weighted by Gasteiger charge is -2.19. The Balaban J connectivity index is 2.32. The Morgan fingerprint density at radius 1 is 1.29 bits per heavy atom. The number of cyclic esters (lactones) is 1. The molecule has 0 aliphatic carbocycles. The Kier molecular flexibility index (Phi) is 8.74. The maximum atomic E-state index is 13.9. The number of amides is 3. The van der Waals surface area contributed by atoms with E-state index in [1.54, 1.807) is 12.2 Å². The van der Waals surface area contributed by atoms with E-state index in [9.17, 15) is 23.6 Å². The average Bonchev–Trinajstić information content (AvgIpc) is 2.71. The van der Waals surface area contributed by atoms with E-state index in [1.165, 1.54) is 6.92 Å². The predicted molar refractivity (Wildman–Crippen MR) is 112 cm³/mol. The molecular formula is C20H23FN4O5S. The summed E-state index contributed by atoms with van der Waals surface area (Å²) in [5.74, 6) is -3.14. The van der Waals surface area contributed by atoms with Gasteiger partial charge in [-0.05, 0) is 31.2 Å². The van der Waals surface area contributed by atoms with Gasteiger partial charge in [0, 0.05) is 6.07 Å². The van der Waals surface area contributed by atoms with Crippen LogP contribution in [0.2, 0.25) is 0 Å². The molecule has 1 aromatic heterocycles. The molecule has 2 atom stereocenters. The fourth-order valence-electron chi connectivity index (χ4n) is 2.52. The topological polar surface area (TPSA) is 126 Å². The van der Waals surface area contributed by atoms with Crippen LogP contribution in [0.3, 0.4) is 0 Å². The van der Waals surface area contributed by atoms with Crippen LogP contribution < -0.4 is 16.0 Å². The summed E-state index contributed by atoms with van der Waals surface area (Å²) in [5.41, 5.74) is -0.568. The minimum Gasteiger partial charge on any atom is -0.456 e. The standard InChI is InChI=1S/C20H23FN4O5S/c1-11-18(27)24-12(2)20(29)30-15(5-3-4-6-31)9-17(26)22-10-14-7-13(21)8-16(25-14)19(28)23-11/h3,5,7-8,12,15,31H,1,4,6,9-10H2,2H3,(H,22,26)(H,23,28)(H,24,27)/b5-3+/t12-,15+/m0/s1. The van der Waals surface area contributed by atoms with Crippen LogP contribution in [0.15, 0.2) is 36.6 Å². The van der Waals surface area contributed by atoms with Gasteiger partial charge in [0.25, 0.3) is 11.8 Å². The highest BCUT2D eigenvalue weighted by molar-refractivity contribution is 7.80. The van der Waals surface area contributed by atoms with Crippen molar-refractivity contribution in [1.82, 2.24) is 20.9 Å². The van der Waals surface area contributed by atoms with Crippen molar-refractivity contribution in [3.63, 3.8) is 0 Å². The molecule has 0 saturated carbocycles. The Morgan fingerprint density at radius 3 is 2.74 bits per heavy atom. The number of carbonyl (C=O) groups excluding carboxylic acids is 4. The van der Waals surface area contributed by atoms with E-state index >= 15 is 0 Å². The minimum atomic E-state index is -1.09. The molecule has 1 aromatic rings. The van der Waals surface area contributed by atoms with Crippen molar-refractivity contribution in [3.8, 4) is 0 Å². The fraction of sp³-hybridized carbons (Fsp3) is 0.350. The van der Waals surface area contributed by atoms with E-state index in [2.05, 4.69) is 40.1 Å². The summed E-state index contributed by atoms with van der Waals surface area (Å²) >= 11 is 4.09. The summed E-state index contributed by atoms with van der Waals surface area (Å²) in [6.45, 7) is 4.68. The normalized spacial score (nSPS) is 21.3. The van der Waals surface area contributed by atoms with E-state index in [0.29, 0.717) is 12.2 Å². The van der Waals surface area contributed by atoms with Gasteiger partial charge >= 0.3 is 5.97 Å². The van der Waals surface area contributed by atoms with Crippen molar-refractivity contribution in [1.29, 1.82) is 0 Å². The second kappa shape index (κ2) is 11.3. The number of aromatic nitrogens is 1. The van der Waals surface area contributed by atoms with Crippen LogP contribution in [-0.2, 0) is 25.7 Å². The number of allylic oxidation sites excluding steroid dienone is 1. The lowest BCUT2D eigenvalue weighted by molar-refractivity contribution is -0.151. The van der Waals surface area contributed by atoms with Crippen molar-refractivity contribution < 1.29 is 28.3 Å². The molecule has 9 nitrogen and oxygen atoms in total. The first-order valence-electron chi connectivity index (χ1n) is 9.42. The molecule has 0 spiro atoms. The summed E-state index contributed by atoms with van der Waals surface area (Å²) < 4.78 is 19.2. The summed E-state index contributed by atoms with van der Waals surface area (Å²) in [4.78, 5) is 53.2. The number of hydrogen-bond acceptors (Lipinski definition) is 7. The highest BCUT2D eigenvalue weighted by Gasteiger charge is 2.24. The Bertz CT molecular complexity index is 921. The molecule has 1 aliphatic rings. The number of halogens is 1. The number of esters is 1. The molecule has 3 N–H and O–H groups in total. The van der Waals surface area contributed by atoms with Gasteiger partial charge in [-0.2, -0.15) is 12.6 Å². The molecule has 2 bridgehead atoms. The molecule has 1 aliphatic heterocycles. The van der Waals surface area contributed by atoms with Crippen LogP contribution in [0.25, 0.3) is 0 Å². The third-order valence-corrected chi connectivity index (χ3v) is 4.34. The summed E-state index contributed by atoms with van der Waals surface area (Å²) in [7, 11) is 0. The van der Waals surface area contributed by atoms with Crippen LogP contribution in [0.4, 0.5) is 4.39 Å². The highest BCUT2D eigenvalue weighted by atomic mass is 32.1. The van der Waals surface area contributed by atoms with Gasteiger partial charge in [-0.15, -0.1) is 0 Å². The van der Waals surface area contributed by atoms with Gasteiger partial charge in [0.1, 0.15) is 23.7 Å². The van der Waals surface area contributed by atoms with E-state index < -0.39 is 41.7 Å². The molecule has 166 valence electrons. The maximum Gasteiger partial charge on any atom is 0.328 e. The largest absolute Gasteiger partial charge is 0.456 e. The third kappa shape index (κ3) is 7.52. The Hall–Kier alpha value is -3.21. The number of rotatable bonds is 3. The van der Waals surface area contributed by atoms with E-state index in [1.807, 2.05) is 0 Å². The van der Waals surface area contributed by atoms with Crippen LogP contribution in [0.5, 0.6) is 0 Å². The second-order valence-corrected chi connectivity index (χ2v) is 7.13. The molecular weight excluding hydrogens is 427 g/mol. The number of carbonyl (C=O) groups is 4. The zero-order valence-electron chi connectivity index (χ0n) is 16.8. The van der Waals surface area contributed by atoms with Crippen molar-refractivity contribution >= 4 is 36.3 Å². The molecule has 0 saturated heterocycles. The Labute approximate surface area is 183 Å². The van der Waals surface area contributed by atoms with Crippen LogP contribution in [0.1, 0.15) is 35.9 Å². The number of ether oxygens (including phenoxy) is 1. The third-order valence-electron chi connectivity index (χ3n) is 4.08. The van der Waals surface area contributed by atoms with Crippen molar-refractivity contribution in [3.05, 3.63) is 53.8 Å². The van der Waals surface area contributed by atoms with E-state index in [0.717, 1.165) is 12.1 Å². The van der Waals surface area contributed by atoms with Gasteiger partial charge in [0.05, 0.1) is 24.4 Å². The Morgan fingerprint density at radius 2 is 2.03 bits per heavy atom. The molecule has 0 fully saturated rings. The second-order valence-electron chi connectivity index (χ2n) is 6.69. The molecule has 2 heterocycles. The number of pyridine rings is 1. The van der Waals surface area contributed by atoms with Crippen molar-refractivity contribution in [2.24, 2.45) is 0 Å². The molecule has 0 radical (unpaired) electrons. The fourth-order valence-corrected chi connectivity index (χ4v) is 2.67. The van der Waals surface area contributed by atoms with Crippen molar-refractivity contribution in [2.75, 3.05) is 5.75 Å². The zero-order valence-corrected chi connectivity index (χ0v) is 17.7. The van der Waals surface area contributed by atoms with Crippen LogP contribution >= 0.6 is 12.6 Å². The maximum absolute atomic E-state index is 13.9.